The van der Waals surface area contributed by atoms with E-state index >= 15 is 0 Å². The molecular formula is C17H22N2O4S. The van der Waals surface area contributed by atoms with Crippen LogP contribution in [0.3, 0.4) is 0 Å². The summed E-state index contributed by atoms with van der Waals surface area (Å²) in [6.45, 7) is 6.11. The Morgan fingerprint density at radius 1 is 1.21 bits per heavy atom. The summed E-state index contributed by atoms with van der Waals surface area (Å²) < 4.78 is 28.6. The molecule has 0 N–H and O–H groups in total. The van der Waals surface area contributed by atoms with Gasteiger partial charge < -0.3 is 0 Å². The van der Waals surface area contributed by atoms with Gasteiger partial charge in [-0.1, -0.05) is 43.7 Å². The van der Waals surface area contributed by atoms with Crippen molar-refractivity contribution >= 4 is 10.1 Å². The van der Waals surface area contributed by atoms with Gasteiger partial charge in [-0.2, -0.15) is 13.5 Å². The molecule has 0 bridgehead atoms. The van der Waals surface area contributed by atoms with Crippen LogP contribution in [-0.2, 0) is 27.5 Å². The summed E-state index contributed by atoms with van der Waals surface area (Å²) in [5, 5.41) is 4.42. The van der Waals surface area contributed by atoms with Gasteiger partial charge in [0.05, 0.1) is 18.6 Å². The summed E-state index contributed by atoms with van der Waals surface area (Å²) in [5.41, 5.74) is 2.53. The Bertz CT molecular complexity index is 868. The van der Waals surface area contributed by atoms with E-state index in [0.29, 0.717) is 12.2 Å². The summed E-state index contributed by atoms with van der Waals surface area (Å²) in [6, 6.07) is 9.35. The molecule has 6 nitrogen and oxygen atoms in total. The minimum absolute atomic E-state index is 0.229. The van der Waals surface area contributed by atoms with E-state index in [2.05, 4.69) is 5.10 Å². The first-order valence-electron chi connectivity index (χ1n) is 7.68. The van der Waals surface area contributed by atoms with Crippen LogP contribution in [0.15, 0.2) is 35.1 Å². The van der Waals surface area contributed by atoms with Crippen LogP contribution in [0.1, 0.15) is 25.0 Å². The predicted molar refractivity (Wildman–Crippen MR) is 93.1 cm³/mol. The van der Waals surface area contributed by atoms with E-state index in [9.17, 15) is 13.2 Å². The van der Waals surface area contributed by atoms with E-state index in [1.165, 1.54) is 4.68 Å². The van der Waals surface area contributed by atoms with Gasteiger partial charge in [0.25, 0.3) is 15.7 Å². The molecule has 1 aromatic carbocycles. The molecule has 24 heavy (non-hydrogen) atoms. The molecule has 1 heterocycles. The van der Waals surface area contributed by atoms with Crippen LogP contribution in [0.2, 0.25) is 0 Å². The highest BCUT2D eigenvalue weighted by molar-refractivity contribution is 7.85. The Balaban J connectivity index is 2.50. The predicted octanol–water partition coefficient (Wildman–Crippen LogP) is 2.35. The summed E-state index contributed by atoms with van der Waals surface area (Å²) >= 11 is 0. The van der Waals surface area contributed by atoms with Crippen LogP contribution < -0.4 is 5.56 Å². The van der Waals surface area contributed by atoms with Crippen molar-refractivity contribution < 1.29 is 12.6 Å². The van der Waals surface area contributed by atoms with Crippen LogP contribution in [0.4, 0.5) is 0 Å². The lowest BCUT2D eigenvalue weighted by Gasteiger charge is -2.12. The molecule has 2 rings (SSSR count). The largest absolute Gasteiger partial charge is 0.272 e. The number of nitrogens with zero attached hydrogens (tertiary/aromatic N) is 2. The second kappa shape index (κ2) is 7.27. The number of aromatic nitrogens is 2. The molecule has 0 fully saturated rings. The monoisotopic (exact) mass is 350 g/mol. The highest BCUT2D eigenvalue weighted by Crippen LogP contribution is 2.18. The molecule has 0 aliphatic carbocycles. The van der Waals surface area contributed by atoms with Crippen LogP contribution in [0.5, 0.6) is 0 Å². The third-order valence-electron chi connectivity index (χ3n) is 3.36. The molecule has 0 amide bonds. The lowest BCUT2D eigenvalue weighted by atomic mass is 10.1. The van der Waals surface area contributed by atoms with Gasteiger partial charge in [0.2, 0.25) is 0 Å². The first kappa shape index (κ1) is 18.4. The SMILES string of the molecule is Cc1ccc(-c2cc(COS(C)(=O)=O)c(=O)n(CC(C)C)n2)cc1. The first-order valence-corrected chi connectivity index (χ1v) is 9.50. The number of rotatable bonds is 6. The van der Waals surface area contributed by atoms with Crippen molar-refractivity contribution in [2.75, 3.05) is 6.26 Å². The van der Waals surface area contributed by atoms with Crippen LogP contribution >= 0.6 is 0 Å². The average molecular weight is 350 g/mol. The first-order chi connectivity index (χ1) is 11.2. The number of benzene rings is 1. The Kier molecular flexibility index (Phi) is 5.56. The molecule has 0 spiro atoms. The van der Waals surface area contributed by atoms with Crippen molar-refractivity contribution in [2.24, 2.45) is 5.92 Å². The molecule has 0 unspecified atom stereocenters. The van der Waals surface area contributed by atoms with Crippen LogP contribution in [-0.4, -0.2) is 24.5 Å². The van der Waals surface area contributed by atoms with E-state index in [-0.39, 0.29) is 23.6 Å². The molecular weight excluding hydrogens is 328 g/mol. The van der Waals surface area contributed by atoms with Gasteiger partial charge in [-0.05, 0) is 18.9 Å². The fourth-order valence-corrected chi connectivity index (χ4v) is 2.55. The van der Waals surface area contributed by atoms with Gasteiger partial charge in [0.1, 0.15) is 0 Å². The lowest BCUT2D eigenvalue weighted by Crippen LogP contribution is -2.29. The number of aryl methyl sites for hydroxylation is 1. The van der Waals surface area contributed by atoms with Crippen molar-refractivity contribution in [3.05, 3.63) is 51.8 Å². The summed E-state index contributed by atoms with van der Waals surface area (Å²) in [6.07, 6.45) is 0.960. The smallest absolute Gasteiger partial charge is 0.267 e. The number of hydrogen-bond donors (Lipinski definition) is 0. The molecule has 0 radical (unpaired) electrons. The maximum Gasteiger partial charge on any atom is 0.272 e. The van der Waals surface area contributed by atoms with E-state index in [4.69, 9.17) is 4.18 Å². The van der Waals surface area contributed by atoms with Crippen molar-refractivity contribution in [3.8, 4) is 11.3 Å². The normalized spacial score (nSPS) is 11.9. The second-order valence-corrected chi connectivity index (χ2v) is 7.91. The van der Waals surface area contributed by atoms with Gasteiger partial charge >= 0.3 is 0 Å². The fourth-order valence-electron chi connectivity index (χ4n) is 2.21. The molecule has 0 aliphatic heterocycles. The zero-order valence-electron chi connectivity index (χ0n) is 14.3. The van der Waals surface area contributed by atoms with E-state index in [1.807, 2.05) is 45.0 Å². The van der Waals surface area contributed by atoms with Gasteiger partial charge in [-0.15, -0.1) is 0 Å². The van der Waals surface area contributed by atoms with E-state index in [0.717, 1.165) is 17.4 Å². The third-order valence-corrected chi connectivity index (χ3v) is 3.91. The molecule has 0 saturated carbocycles. The third kappa shape index (κ3) is 5.01. The number of hydrogen-bond acceptors (Lipinski definition) is 5. The van der Waals surface area contributed by atoms with Gasteiger partial charge in [-0.25, -0.2) is 4.68 Å². The Hall–Kier alpha value is -1.99. The maximum atomic E-state index is 12.5. The fraction of sp³-hybridized carbons (Fsp3) is 0.412. The Labute approximate surface area is 142 Å². The minimum Gasteiger partial charge on any atom is -0.267 e. The molecule has 7 heteroatoms. The van der Waals surface area contributed by atoms with Gasteiger partial charge in [0.15, 0.2) is 0 Å². The topological polar surface area (TPSA) is 78.3 Å². The minimum atomic E-state index is -3.63. The highest BCUT2D eigenvalue weighted by Gasteiger charge is 2.13. The molecule has 0 atom stereocenters. The van der Waals surface area contributed by atoms with Gasteiger partial charge in [-0.3, -0.25) is 8.98 Å². The molecule has 1 aromatic heterocycles. The van der Waals surface area contributed by atoms with Crippen LogP contribution in [0.25, 0.3) is 11.3 Å². The average Bonchev–Trinajstić information content (AvgIpc) is 2.47. The Morgan fingerprint density at radius 3 is 2.38 bits per heavy atom. The quantitative estimate of drug-likeness (QED) is 0.747. The van der Waals surface area contributed by atoms with Crippen molar-refractivity contribution in [1.29, 1.82) is 0 Å². The Morgan fingerprint density at radius 2 is 1.83 bits per heavy atom. The zero-order valence-corrected chi connectivity index (χ0v) is 15.1. The standard InChI is InChI=1S/C17H22N2O4S/c1-12(2)10-19-17(20)15(11-23-24(4,21)22)9-16(18-19)14-7-5-13(3)6-8-14/h5-9,12H,10-11H2,1-4H3. The molecule has 130 valence electrons. The molecule has 0 aliphatic rings. The summed E-state index contributed by atoms with van der Waals surface area (Å²) in [5.74, 6) is 0.229. The maximum absolute atomic E-state index is 12.5. The summed E-state index contributed by atoms with van der Waals surface area (Å²) in [4.78, 5) is 12.5. The van der Waals surface area contributed by atoms with Crippen molar-refractivity contribution in [3.63, 3.8) is 0 Å². The van der Waals surface area contributed by atoms with E-state index in [1.54, 1.807) is 6.07 Å². The second-order valence-electron chi connectivity index (χ2n) is 6.27. The molecule has 2 aromatic rings. The zero-order chi connectivity index (χ0) is 17.9. The molecule has 0 saturated heterocycles. The van der Waals surface area contributed by atoms with Crippen LogP contribution in [0, 0.1) is 12.8 Å². The van der Waals surface area contributed by atoms with Crippen molar-refractivity contribution in [2.45, 2.75) is 33.9 Å². The highest BCUT2D eigenvalue weighted by atomic mass is 32.2. The van der Waals surface area contributed by atoms with E-state index < -0.39 is 10.1 Å². The van der Waals surface area contributed by atoms with Crippen molar-refractivity contribution in [1.82, 2.24) is 9.78 Å². The lowest BCUT2D eigenvalue weighted by molar-refractivity contribution is 0.307. The van der Waals surface area contributed by atoms with Gasteiger partial charge in [0, 0.05) is 17.7 Å². The summed E-state index contributed by atoms with van der Waals surface area (Å²) in [7, 11) is -3.63.